The third-order valence-electron chi connectivity index (χ3n) is 6.71. The quantitative estimate of drug-likeness (QED) is 0.415. The van der Waals surface area contributed by atoms with Crippen LogP contribution in [0.1, 0.15) is 53.4 Å². The number of carbonyl (C=O) groups excluding carboxylic acids is 1. The lowest BCUT2D eigenvalue weighted by Gasteiger charge is -2.30. The molecule has 12 heteroatoms. The molecule has 0 saturated heterocycles. The van der Waals surface area contributed by atoms with Gasteiger partial charge in [0.05, 0.1) is 16.5 Å². The lowest BCUT2D eigenvalue weighted by atomic mass is 9.89. The van der Waals surface area contributed by atoms with Gasteiger partial charge in [-0.05, 0) is 55.0 Å². The summed E-state index contributed by atoms with van der Waals surface area (Å²) in [5.74, 6) is -0.747. The predicted molar refractivity (Wildman–Crippen MR) is 120 cm³/mol. The number of halogens is 6. The maximum absolute atomic E-state index is 14.2. The molecule has 0 bridgehead atoms. The molecule has 35 heavy (non-hydrogen) atoms. The Morgan fingerprint density at radius 3 is 2.49 bits per heavy atom. The first-order valence-electron chi connectivity index (χ1n) is 11.0. The number of rotatable bonds is 4. The minimum absolute atomic E-state index is 0.0583. The number of benzene rings is 1. The van der Waals surface area contributed by atoms with Crippen molar-refractivity contribution in [2.75, 3.05) is 0 Å². The van der Waals surface area contributed by atoms with Crippen LogP contribution in [0.5, 0.6) is 0 Å². The van der Waals surface area contributed by atoms with E-state index in [9.17, 15) is 22.4 Å². The first kappa shape index (κ1) is 24.1. The van der Waals surface area contributed by atoms with Crippen molar-refractivity contribution in [2.24, 2.45) is 11.1 Å². The van der Waals surface area contributed by atoms with E-state index in [1.54, 1.807) is 17.2 Å². The van der Waals surface area contributed by atoms with Gasteiger partial charge in [0, 0.05) is 30.9 Å². The van der Waals surface area contributed by atoms with Gasteiger partial charge in [-0.2, -0.15) is 13.2 Å². The molecule has 0 spiro atoms. The Kier molecular flexibility index (Phi) is 5.87. The highest BCUT2D eigenvalue weighted by atomic mass is 35.5. The topological polar surface area (TPSA) is 66.8 Å². The number of amidine groups is 1. The Morgan fingerprint density at radius 1 is 1.20 bits per heavy atom. The van der Waals surface area contributed by atoms with E-state index in [0.29, 0.717) is 5.92 Å². The van der Waals surface area contributed by atoms with Crippen LogP contribution in [-0.2, 0) is 23.5 Å². The van der Waals surface area contributed by atoms with Crippen molar-refractivity contribution in [3.05, 3.63) is 62.6 Å². The molecule has 1 fully saturated rings. The molecule has 3 heterocycles. The van der Waals surface area contributed by atoms with Gasteiger partial charge in [0.1, 0.15) is 11.5 Å². The molecule has 0 radical (unpaired) electrons. The number of aromatic nitrogens is 1. The summed E-state index contributed by atoms with van der Waals surface area (Å²) in [6.45, 7) is 2.44. The van der Waals surface area contributed by atoms with E-state index in [-0.39, 0.29) is 36.6 Å². The first-order chi connectivity index (χ1) is 16.5. The summed E-state index contributed by atoms with van der Waals surface area (Å²) in [5.41, 5.74) is -1.51. The second-order valence-electron chi connectivity index (χ2n) is 9.15. The Labute approximate surface area is 208 Å². The average Bonchev–Trinajstić information content (AvgIpc) is 3.39. The van der Waals surface area contributed by atoms with Crippen molar-refractivity contribution in [3.63, 3.8) is 0 Å². The van der Waals surface area contributed by atoms with Crippen LogP contribution in [0.25, 0.3) is 0 Å². The lowest BCUT2D eigenvalue weighted by Crippen LogP contribution is -2.44. The summed E-state index contributed by atoms with van der Waals surface area (Å²) in [5, 5.41) is 5.59. The van der Waals surface area contributed by atoms with Gasteiger partial charge in [-0.1, -0.05) is 28.4 Å². The van der Waals surface area contributed by atoms with Crippen molar-refractivity contribution >= 4 is 34.9 Å². The molecule has 1 amide bonds. The molecule has 2 aromatic rings. The van der Waals surface area contributed by atoms with Crippen molar-refractivity contribution in [2.45, 2.75) is 57.1 Å². The highest BCUT2D eigenvalue weighted by molar-refractivity contribution is 6.35. The molecule has 1 aromatic carbocycles. The summed E-state index contributed by atoms with van der Waals surface area (Å²) in [6.07, 6.45) is -1.80. The minimum atomic E-state index is -4.89. The van der Waals surface area contributed by atoms with Crippen LogP contribution in [0.4, 0.5) is 17.6 Å². The van der Waals surface area contributed by atoms with Gasteiger partial charge in [0.25, 0.3) is 11.5 Å². The number of alkyl halides is 3. The van der Waals surface area contributed by atoms with Crippen molar-refractivity contribution < 1.29 is 27.2 Å². The fraction of sp³-hybridized carbons (Fsp3) is 0.435. The number of oxime groups is 1. The van der Waals surface area contributed by atoms with E-state index in [1.807, 2.05) is 6.92 Å². The largest absolute Gasteiger partial charge is 0.435 e. The Bertz CT molecular complexity index is 1210. The summed E-state index contributed by atoms with van der Waals surface area (Å²) < 4.78 is 56.6. The molecule has 2 unspecified atom stereocenters. The molecule has 186 valence electrons. The number of hydrogen-bond acceptors (Lipinski definition) is 5. The van der Waals surface area contributed by atoms with Gasteiger partial charge < -0.3 is 15.1 Å². The second kappa shape index (κ2) is 8.51. The van der Waals surface area contributed by atoms with E-state index in [2.05, 4.69) is 15.5 Å². The number of fused-ring (bicyclic) bond motifs is 1. The number of nitrogens with one attached hydrogen (secondary N) is 1. The number of hydrogen-bond donors (Lipinski definition) is 1. The van der Waals surface area contributed by atoms with Crippen LogP contribution < -0.4 is 5.32 Å². The van der Waals surface area contributed by atoms with E-state index >= 15 is 0 Å². The van der Waals surface area contributed by atoms with Crippen LogP contribution in [-0.4, -0.2) is 33.8 Å². The monoisotopic (exact) mass is 530 g/mol. The highest BCUT2D eigenvalue weighted by Gasteiger charge is 2.63. The van der Waals surface area contributed by atoms with Crippen LogP contribution in [0.3, 0.4) is 0 Å². The molecule has 5 rings (SSSR count). The van der Waals surface area contributed by atoms with E-state index in [4.69, 9.17) is 28.0 Å². The maximum Gasteiger partial charge on any atom is 0.435 e. The molecule has 1 N–H and O–H groups in total. The van der Waals surface area contributed by atoms with Gasteiger partial charge in [-0.25, -0.2) is 4.39 Å². The lowest BCUT2D eigenvalue weighted by molar-refractivity contribution is -0.275. The minimum Gasteiger partial charge on any atom is -0.372 e. The molecular formula is C23H20Cl2F4N4O2. The van der Waals surface area contributed by atoms with Crippen molar-refractivity contribution in [1.82, 2.24) is 15.2 Å². The Hall–Kier alpha value is -2.59. The molecule has 1 aromatic heterocycles. The van der Waals surface area contributed by atoms with Gasteiger partial charge in [0.2, 0.25) is 0 Å². The van der Waals surface area contributed by atoms with Gasteiger partial charge >= 0.3 is 6.18 Å². The molecule has 3 aliphatic rings. The first-order valence-corrected chi connectivity index (χ1v) is 11.7. The van der Waals surface area contributed by atoms with E-state index in [0.717, 1.165) is 36.1 Å². The zero-order valence-electron chi connectivity index (χ0n) is 18.4. The molecule has 2 atom stereocenters. The SMILES string of the molecule is CC(NC(=O)c1cc2c(cn1)CN(C1=NOC(c3cc(Cl)c(F)c(Cl)c3)(C(F)(F)F)C1)C2)C1CC1. The molecular weight excluding hydrogens is 511 g/mol. The standard InChI is InChI=1S/C23H20Cl2F4N4O2/c1-11(12-2-3-12)31-21(34)18-4-13-9-33(10-14(13)8-30-18)19-7-22(35-32-19,23(27,28)29)15-5-16(24)20(26)17(25)6-15/h4-6,8,11-12H,2-3,7,9-10H2,1H3,(H,31,34). The smallest absolute Gasteiger partial charge is 0.372 e. The number of carbonyl (C=O) groups is 1. The van der Waals surface area contributed by atoms with Gasteiger partial charge in [-0.3, -0.25) is 9.78 Å². The second-order valence-corrected chi connectivity index (χ2v) is 9.96. The number of amides is 1. The maximum atomic E-state index is 14.2. The van der Waals surface area contributed by atoms with E-state index < -0.39 is 39.6 Å². The normalized spacial score (nSPS) is 22.5. The molecule has 1 aliphatic carbocycles. The van der Waals surface area contributed by atoms with Gasteiger partial charge in [-0.15, -0.1) is 0 Å². The summed E-state index contributed by atoms with van der Waals surface area (Å²) >= 11 is 11.5. The summed E-state index contributed by atoms with van der Waals surface area (Å²) in [6, 6.07) is 3.41. The average molecular weight is 531 g/mol. The Balaban J connectivity index is 1.35. The third kappa shape index (κ3) is 4.31. The number of pyridine rings is 1. The van der Waals surface area contributed by atoms with E-state index in [1.165, 1.54) is 0 Å². The molecule has 6 nitrogen and oxygen atoms in total. The fourth-order valence-electron chi connectivity index (χ4n) is 4.43. The molecule has 1 saturated carbocycles. The Morgan fingerprint density at radius 2 is 1.86 bits per heavy atom. The third-order valence-corrected chi connectivity index (χ3v) is 7.26. The summed E-state index contributed by atoms with van der Waals surface area (Å²) in [4.78, 5) is 23.4. The predicted octanol–water partition coefficient (Wildman–Crippen LogP) is 5.56. The van der Waals surface area contributed by atoms with Crippen LogP contribution >= 0.6 is 23.2 Å². The van der Waals surface area contributed by atoms with Crippen LogP contribution in [0, 0.1) is 11.7 Å². The number of nitrogens with zero attached hydrogens (tertiary/aromatic N) is 3. The van der Waals surface area contributed by atoms with Crippen molar-refractivity contribution in [1.29, 1.82) is 0 Å². The van der Waals surface area contributed by atoms with Gasteiger partial charge in [0.15, 0.2) is 5.82 Å². The fourth-order valence-corrected chi connectivity index (χ4v) is 4.92. The van der Waals surface area contributed by atoms with Crippen LogP contribution in [0.15, 0.2) is 29.6 Å². The molecule has 2 aliphatic heterocycles. The zero-order valence-corrected chi connectivity index (χ0v) is 19.9. The summed E-state index contributed by atoms with van der Waals surface area (Å²) in [7, 11) is 0. The van der Waals surface area contributed by atoms with Crippen molar-refractivity contribution in [3.8, 4) is 0 Å². The zero-order chi connectivity index (χ0) is 25.1. The highest BCUT2D eigenvalue weighted by Crippen LogP contribution is 2.50. The van der Waals surface area contributed by atoms with Crippen LogP contribution in [0.2, 0.25) is 10.0 Å².